The Morgan fingerprint density at radius 1 is 1.29 bits per heavy atom. The highest BCUT2D eigenvalue weighted by molar-refractivity contribution is 5.91. The number of amides is 1. The second-order valence-electron chi connectivity index (χ2n) is 6.76. The molecule has 1 aromatic rings. The normalized spacial score (nSPS) is 27.0. The molecule has 0 aromatic heterocycles. The molecule has 1 aliphatic carbocycles. The molecular formula is C18H22N2O4. The van der Waals surface area contributed by atoms with E-state index in [1.807, 2.05) is 0 Å². The zero-order valence-electron chi connectivity index (χ0n) is 13.6. The van der Waals surface area contributed by atoms with E-state index in [0.717, 1.165) is 31.2 Å². The van der Waals surface area contributed by atoms with Gasteiger partial charge in [-0.05, 0) is 43.0 Å². The molecule has 1 saturated carbocycles. The van der Waals surface area contributed by atoms with Gasteiger partial charge in [-0.2, -0.15) is 0 Å². The number of non-ortho nitro benzene ring substituents is 1. The molecule has 0 unspecified atom stereocenters. The predicted molar refractivity (Wildman–Crippen MR) is 90.2 cm³/mol. The van der Waals surface area contributed by atoms with Gasteiger partial charge in [0.15, 0.2) is 0 Å². The van der Waals surface area contributed by atoms with Crippen molar-refractivity contribution in [2.75, 3.05) is 13.1 Å². The second kappa shape index (κ2) is 6.73. The van der Waals surface area contributed by atoms with Crippen LogP contribution >= 0.6 is 0 Å². The van der Waals surface area contributed by atoms with Gasteiger partial charge < -0.3 is 10.0 Å². The lowest BCUT2D eigenvalue weighted by Crippen LogP contribution is -2.54. The summed E-state index contributed by atoms with van der Waals surface area (Å²) in [6, 6.07) is 6.09. The van der Waals surface area contributed by atoms with E-state index in [4.69, 9.17) is 0 Å². The Morgan fingerprint density at radius 2 is 2.04 bits per heavy atom. The molecule has 1 N–H and O–H groups in total. The number of benzene rings is 1. The quantitative estimate of drug-likeness (QED) is 0.525. The summed E-state index contributed by atoms with van der Waals surface area (Å²) in [5.41, 5.74) is 0.197. The zero-order chi connectivity index (χ0) is 17.2. The SMILES string of the molecule is O=C(/C=C/c1ccc([N+](=O)[O-])cc1)N1CC[C@@]2(O)CCCC[C@H]2C1. The second-order valence-corrected chi connectivity index (χ2v) is 6.76. The third-order valence-electron chi connectivity index (χ3n) is 5.26. The van der Waals surface area contributed by atoms with Gasteiger partial charge in [-0.15, -0.1) is 0 Å². The first-order chi connectivity index (χ1) is 11.5. The topological polar surface area (TPSA) is 83.7 Å². The van der Waals surface area contributed by atoms with Gasteiger partial charge >= 0.3 is 0 Å². The molecular weight excluding hydrogens is 308 g/mol. The number of likely N-dealkylation sites (tertiary alicyclic amines) is 1. The van der Waals surface area contributed by atoms with E-state index in [1.54, 1.807) is 23.1 Å². The fourth-order valence-corrected chi connectivity index (χ4v) is 3.75. The third kappa shape index (κ3) is 3.48. The number of nitro groups is 1. The molecule has 24 heavy (non-hydrogen) atoms. The third-order valence-corrected chi connectivity index (χ3v) is 5.26. The number of nitro benzene ring substituents is 1. The summed E-state index contributed by atoms with van der Waals surface area (Å²) in [5.74, 6) is 0.109. The molecule has 2 atom stereocenters. The van der Waals surface area contributed by atoms with Gasteiger partial charge in [0.25, 0.3) is 5.69 Å². The molecule has 2 fully saturated rings. The zero-order valence-corrected chi connectivity index (χ0v) is 13.6. The van der Waals surface area contributed by atoms with Crippen LogP contribution in [0.2, 0.25) is 0 Å². The van der Waals surface area contributed by atoms with E-state index in [9.17, 15) is 20.0 Å². The Kier molecular flexibility index (Phi) is 4.66. The van der Waals surface area contributed by atoms with E-state index in [2.05, 4.69) is 0 Å². The van der Waals surface area contributed by atoms with Crippen molar-refractivity contribution in [3.05, 3.63) is 46.0 Å². The lowest BCUT2D eigenvalue weighted by Gasteiger charge is -2.47. The van der Waals surface area contributed by atoms with Crippen molar-refractivity contribution in [3.8, 4) is 0 Å². The molecule has 0 spiro atoms. The highest BCUT2D eigenvalue weighted by Crippen LogP contribution is 2.39. The van der Waals surface area contributed by atoms with Crippen molar-refractivity contribution >= 4 is 17.7 Å². The highest BCUT2D eigenvalue weighted by Gasteiger charge is 2.43. The minimum absolute atomic E-state index is 0.0334. The molecule has 1 heterocycles. The van der Waals surface area contributed by atoms with E-state index in [0.29, 0.717) is 19.5 Å². The summed E-state index contributed by atoms with van der Waals surface area (Å²) in [6.45, 7) is 1.19. The number of hydrogen-bond donors (Lipinski definition) is 1. The molecule has 0 bridgehead atoms. The largest absolute Gasteiger partial charge is 0.389 e. The van der Waals surface area contributed by atoms with Crippen LogP contribution in [0, 0.1) is 16.0 Å². The number of hydrogen-bond acceptors (Lipinski definition) is 4. The first-order valence-corrected chi connectivity index (χ1v) is 8.42. The maximum atomic E-state index is 12.4. The van der Waals surface area contributed by atoms with Crippen molar-refractivity contribution in [2.24, 2.45) is 5.92 Å². The van der Waals surface area contributed by atoms with Gasteiger partial charge in [-0.1, -0.05) is 12.8 Å². The Balaban J connectivity index is 1.61. The van der Waals surface area contributed by atoms with Gasteiger partial charge in [-0.3, -0.25) is 14.9 Å². The molecule has 1 aliphatic heterocycles. The number of carbonyl (C=O) groups excluding carboxylic acids is 1. The number of piperidine rings is 1. The molecule has 6 heteroatoms. The molecule has 1 aromatic carbocycles. The van der Waals surface area contributed by atoms with Crippen LogP contribution < -0.4 is 0 Å². The van der Waals surface area contributed by atoms with Gasteiger partial charge in [0.1, 0.15) is 0 Å². The van der Waals surface area contributed by atoms with E-state index in [1.165, 1.54) is 18.2 Å². The number of carbonyl (C=O) groups is 1. The number of nitrogens with zero attached hydrogens (tertiary/aromatic N) is 2. The Morgan fingerprint density at radius 3 is 2.75 bits per heavy atom. The molecule has 6 nitrogen and oxygen atoms in total. The lowest BCUT2D eigenvalue weighted by molar-refractivity contribution is -0.384. The van der Waals surface area contributed by atoms with Crippen molar-refractivity contribution in [1.82, 2.24) is 4.90 Å². The summed E-state index contributed by atoms with van der Waals surface area (Å²) in [6.07, 6.45) is 7.84. The maximum absolute atomic E-state index is 12.4. The molecule has 3 rings (SSSR count). The summed E-state index contributed by atoms with van der Waals surface area (Å²) in [4.78, 5) is 24.4. The average molecular weight is 330 g/mol. The van der Waals surface area contributed by atoms with E-state index < -0.39 is 10.5 Å². The Labute approximate surface area is 140 Å². The van der Waals surface area contributed by atoms with Crippen molar-refractivity contribution in [2.45, 2.75) is 37.7 Å². The first kappa shape index (κ1) is 16.6. The van der Waals surface area contributed by atoms with Crippen LogP contribution in [-0.4, -0.2) is 39.5 Å². The standard InChI is InChI=1S/C18H22N2O4/c21-17(9-6-14-4-7-16(8-5-14)20(23)24)19-12-11-18(22)10-2-1-3-15(18)13-19/h4-9,15,22H,1-3,10-13H2/b9-6+/t15-,18-/m0/s1. The predicted octanol–water partition coefficient (Wildman–Crippen LogP) is 2.76. The number of rotatable bonds is 3. The molecule has 0 radical (unpaired) electrons. The van der Waals surface area contributed by atoms with E-state index >= 15 is 0 Å². The van der Waals surface area contributed by atoms with Crippen LogP contribution in [0.3, 0.4) is 0 Å². The summed E-state index contributed by atoms with van der Waals surface area (Å²) in [5, 5.41) is 21.3. The average Bonchev–Trinajstić information content (AvgIpc) is 2.59. The van der Waals surface area contributed by atoms with Crippen LogP contribution in [0.25, 0.3) is 6.08 Å². The molecule has 1 amide bonds. The minimum Gasteiger partial charge on any atom is -0.389 e. The number of aliphatic hydroxyl groups is 1. The van der Waals surface area contributed by atoms with Crippen molar-refractivity contribution in [1.29, 1.82) is 0 Å². The van der Waals surface area contributed by atoms with Crippen LogP contribution in [0.15, 0.2) is 30.3 Å². The van der Waals surface area contributed by atoms with Crippen LogP contribution in [0.5, 0.6) is 0 Å². The van der Waals surface area contributed by atoms with E-state index in [-0.39, 0.29) is 17.5 Å². The molecule has 128 valence electrons. The van der Waals surface area contributed by atoms with Crippen LogP contribution in [0.1, 0.15) is 37.7 Å². The highest BCUT2D eigenvalue weighted by atomic mass is 16.6. The summed E-state index contributed by atoms with van der Waals surface area (Å²) in [7, 11) is 0. The first-order valence-electron chi connectivity index (χ1n) is 8.42. The van der Waals surface area contributed by atoms with Gasteiger partial charge in [0, 0.05) is 37.2 Å². The Hall–Kier alpha value is -2.21. The van der Waals surface area contributed by atoms with Crippen molar-refractivity contribution in [3.63, 3.8) is 0 Å². The lowest BCUT2D eigenvalue weighted by atomic mass is 9.71. The van der Waals surface area contributed by atoms with Gasteiger partial charge in [0.05, 0.1) is 10.5 Å². The van der Waals surface area contributed by atoms with Gasteiger partial charge in [0.2, 0.25) is 5.91 Å². The van der Waals surface area contributed by atoms with Crippen molar-refractivity contribution < 1.29 is 14.8 Å². The fraction of sp³-hybridized carbons (Fsp3) is 0.500. The van der Waals surface area contributed by atoms with Gasteiger partial charge in [-0.25, -0.2) is 0 Å². The van der Waals surface area contributed by atoms with Crippen LogP contribution in [-0.2, 0) is 4.79 Å². The minimum atomic E-state index is -0.586. The Bertz CT molecular complexity index is 655. The maximum Gasteiger partial charge on any atom is 0.269 e. The van der Waals surface area contributed by atoms with Crippen LogP contribution in [0.4, 0.5) is 5.69 Å². The summed E-state index contributed by atoms with van der Waals surface area (Å²) >= 11 is 0. The monoisotopic (exact) mass is 330 g/mol. The fourth-order valence-electron chi connectivity index (χ4n) is 3.75. The number of fused-ring (bicyclic) bond motifs is 1. The smallest absolute Gasteiger partial charge is 0.269 e. The summed E-state index contributed by atoms with van der Waals surface area (Å²) < 4.78 is 0. The molecule has 2 aliphatic rings. The molecule has 1 saturated heterocycles.